The number of amides is 1. The van der Waals surface area contributed by atoms with Gasteiger partial charge in [-0.25, -0.2) is 4.79 Å². The number of aliphatic hydroxyl groups excluding tert-OH is 1. The summed E-state index contributed by atoms with van der Waals surface area (Å²) in [6.45, 7) is -0.578. The maximum atomic E-state index is 12.7. The van der Waals surface area contributed by atoms with Crippen molar-refractivity contribution in [3.05, 3.63) is 47.7 Å². The Balaban J connectivity index is 2.00. The average Bonchev–Trinajstić information content (AvgIpc) is 2.92. The van der Waals surface area contributed by atoms with Gasteiger partial charge in [-0.05, 0) is 18.1 Å². The fraction of sp³-hybridized carbons (Fsp3) is 0.353. The van der Waals surface area contributed by atoms with Crippen molar-refractivity contribution in [3.8, 4) is 0 Å². The van der Waals surface area contributed by atoms with Crippen molar-refractivity contribution in [1.29, 1.82) is 0 Å². The Labute approximate surface area is 158 Å². The van der Waals surface area contributed by atoms with E-state index in [4.69, 9.17) is 27.9 Å². The van der Waals surface area contributed by atoms with Gasteiger partial charge in [-0.2, -0.15) is 0 Å². The van der Waals surface area contributed by atoms with Crippen molar-refractivity contribution in [2.75, 3.05) is 6.61 Å². The second kappa shape index (κ2) is 6.90. The lowest BCUT2D eigenvalue weighted by molar-refractivity contribution is -0.184. The predicted octanol–water partition coefficient (Wildman–Crippen LogP) is 1.12. The minimum Gasteiger partial charge on any atom is -0.479 e. The van der Waals surface area contributed by atoms with Crippen LogP contribution in [0.2, 0.25) is 0 Å². The fourth-order valence-corrected chi connectivity index (χ4v) is 3.71. The standard InChI is InChI=1S/C17H15Cl2NO6/c18-13(19)12(22)17(16(24)25)11(6-7-21)26-15-10(14(23)20(15)17)8-9-4-2-1-3-5-9/h1-6,10,13,15,21H,7-8H2,(H,24,25)/b11-6-/t10?,15-,17-/m1/s1. The number of hydrogen-bond acceptors (Lipinski definition) is 5. The van der Waals surface area contributed by atoms with E-state index in [1.807, 2.05) is 30.3 Å². The quantitative estimate of drug-likeness (QED) is 0.421. The molecule has 1 aromatic rings. The summed E-state index contributed by atoms with van der Waals surface area (Å²) in [6.07, 6.45) is 0.406. The van der Waals surface area contributed by atoms with Crippen molar-refractivity contribution in [1.82, 2.24) is 4.90 Å². The minimum atomic E-state index is -2.47. The number of rotatable bonds is 6. The third-order valence-electron chi connectivity index (χ3n) is 4.56. The number of Topliss-reactive ketones (excluding diaryl/α,β-unsaturated/α-hetero) is 1. The molecule has 1 amide bonds. The number of halogens is 2. The minimum absolute atomic E-state index is 0.322. The van der Waals surface area contributed by atoms with E-state index in [-0.39, 0.29) is 5.76 Å². The Bertz CT molecular complexity index is 781. The Morgan fingerprint density at radius 3 is 2.50 bits per heavy atom. The van der Waals surface area contributed by atoms with E-state index in [0.29, 0.717) is 6.42 Å². The van der Waals surface area contributed by atoms with Crippen LogP contribution >= 0.6 is 23.2 Å². The van der Waals surface area contributed by atoms with E-state index < -0.39 is 46.8 Å². The van der Waals surface area contributed by atoms with Crippen LogP contribution in [-0.2, 0) is 25.5 Å². The highest BCUT2D eigenvalue weighted by Crippen LogP contribution is 2.49. The number of hydrogen-bond donors (Lipinski definition) is 2. The number of fused-ring (bicyclic) bond motifs is 1. The van der Waals surface area contributed by atoms with E-state index in [0.717, 1.165) is 16.5 Å². The lowest BCUT2D eigenvalue weighted by Crippen LogP contribution is -2.71. The van der Waals surface area contributed by atoms with Gasteiger partial charge < -0.3 is 14.9 Å². The van der Waals surface area contributed by atoms with Gasteiger partial charge in [0.25, 0.3) is 5.54 Å². The highest BCUT2D eigenvalue weighted by atomic mass is 35.5. The van der Waals surface area contributed by atoms with E-state index in [9.17, 15) is 24.6 Å². The number of β-lactam (4-membered cyclic amide) rings is 1. The summed E-state index contributed by atoms with van der Waals surface area (Å²) < 4.78 is 5.59. The van der Waals surface area contributed by atoms with Crippen molar-refractivity contribution < 1.29 is 29.3 Å². The lowest BCUT2D eigenvalue weighted by atomic mass is 9.82. The van der Waals surface area contributed by atoms with Gasteiger partial charge in [-0.15, -0.1) is 0 Å². The molecule has 0 bridgehead atoms. The van der Waals surface area contributed by atoms with Crippen LogP contribution in [0.15, 0.2) is 42.2 Å². The number of carbonyl (C=O) groups is 3. The Kier molecular flexibility index (Phi) is 4.96. The van der Waals surface area contributed by atoms with E-state index in [1.54, 1.807) is 0 Å². The van der Waals surface area contributed by atoms with Crippen LogP contribution in [0, 0.1) is 5.92 Å². The van der Waals surface area contributed by atoms with Crippen LogP contribution in [0.1, 0.15) is 5.56 Å². The zero-order chi connectivity index (χ0) is 19.1. The summed E-state index contributed by atoms with van der Waals surface area (Å²) in [5.41, 5.74) is -1.60. The molecule has 9 heteroatoms. The molecule has 0 saturated carbocycles. The normalized spacial score (nSPS) is 28.7. The summed E-state index contributed by atoms with van der Waals surface area (Å²) in [5.74, 6) is -4.30. The molecule has 2 fully saturated rings. The lowest BCUT2D eigenvalue weighted by Gasteiger charge is -2.45. The van der Waals surface area contributed by atoms with E-state index >= 15 is 0 Å². The summed E-state index contributed by atoms with van der Waals surface area (Å²) in [5, 5.41) is 19.0. The number of nitrogens with zero attached hydrogens (tertiary/aromatic N) is 1. The Morgan fingerprint density at radius 2 is 1.96 bits per heavy atom. The smallest absolute Gasteiger partial charge is 0.345 e. The third kappa shape index (κ3) is 2.58. The van der Waals surface area contributed by atoms with Gasteiger partial charge >= 0.3 is 5.97 Å². The van der Waals surface area contributed by atoms with Crippen LogP contribution < -0.4 is 0 Å². The van der Waals surface area contributed by atoms with Crippen molar-refractivity contribution in [2.45, 2.75) is 23.0 Å². The molecule has 2 saturated heterocycles. The molecule has 7 nitrogen and oxygen atoms in total. The molecule has 2 N–H and O–H groups in total. The van der Waals surface area contributed by atoms with Crippen LogP contribution in [0.5, 0.6) is 0 Å². The molecule has 0 aromatic heterocycles. The third-order valence-corrected chi connectivity index (χ3v) is 4.95. The maximum Gasteiger partial charge on any atom is 0.345 e. The maximum absolute atomic E-state index is 12.7. The zero-order valence-corrected chi connectivity index (χ0v) is 14.9. The van der Waals surface area contributed by atoms with Gasteiger partial charge in [0.05, 0.1) is 12.5 Å². The summed E-state index contributed by atoms with van der Waals surface area (Å²) in [7, 11) is 0. The number of carbonyl (C=O) groups excluding carboxylic acids is 2. The average molecular weight is 400 g/mol. The molecule has 0 radical (unpaired) electrons. The molecule has 0 spiro atoms. The first-order valence-corrected chi connectivity index (χ1v) is 8.64. The van der Waals surface area contributed by atoms with Crippen LogP contribution in [-0.4, -0.2) is 56.0 Å². The molecule has 3 atom stereocenters. The molecule has 1 aromatic carbocycles. The van der Waals surface area contributed by atoms with Crippen molar-refractivity contribution >= 4 is 40.9 Å². The number of carboxylic acid groups (broad SMARTS) is 1. The number of carboxylic acids is 1. The van der Waals surface area contributed by atoms with E-state index in [1.165, 1.54) is 0 Å². The molecule has 2 aliphatic heterocycles. The number of aliphatic hydroxyl groups is 1. The monoisotopic (exact) mass is 399 g/mol. The number of benzene rings is 1. The highest BCUT2D eigenvalue weighted by molar-refractivity contribution is 6.56. The van der Waals surface area contributed by atoms with Gasteiger partial charge in [0.2, 0.25) is 11.7 Å². The van der Waals surface area contributed by atoms with Gasteiger partial charge in [-0.1, -0.05) is 53.5 Å². The number of alkyl halides is 2. The topological polar surface area (TPSA) is 104 Å². The van der Waals surface area contributed by atoms with Gasteiger partial charge in [0.1, 0.15) is 5.76 Å². The molecular formula is C17H15Cl2NO6. The zero-order valence-electron chi connectivity index (χ0n) is 13.3. The first-order chi connectivity index (χ1) is 12.4. The second-order valence-corrected chi connectivity index (χ2v) is 7.04. The number of ether oxygens (including phenoxy) is 1. The first-order valence-electron chi connectivity index (χ1n) is 7.76. The molecule has 138 valence electrons. The molecule has 2 heterocycles. The fourth-order valence-electron chi connectivity index (χ4n) is 3.40. The predicted molar refractivity (Wildman–Crippen MR) is 91.4 cm³/mol. The van der Waals surface area contributed by atoms with E-state index in [2.05, 4.69) is 0 Å². The van der Waals surface area contributed by atoms with Gasteiger partial charge in [0, 0.05) is 0 Å². The largest absolute Gasteiger partial charge is 0.479 e. The molecule has 0 aliphatic carbocycles. The van der Waals surface area contributed by atoms with Gasteiger partial charge in [0.15, 0.2) is 11.1 Å². The van der Waals surface area contributed by atoms with Crippen LogP contribution in [0.4, 0.5) is 0 Å². The van der Waals surface area contributed by atoms with Gasteiger partial charge in [-0.3, -0.25) is 14.5 Å². The summed E-state index contributed by atoms with van der Waals surface area (Å²) in [4.78, 5) is 36.4. The summed E-state index contributed by atoms with van der Waals surface area (Å²) >= 11 is 11.3. The Morgan fingerprint density at radius 1 is 1.31 bits per heavy atom. The van der Waals surface area contributed by atoms with Crippen LogP contribution in [0.25, 0.3) is 0 Å². The van der Waals surface area contributed by atoms with Crippen LogP contribution in [0.3, 0.4) is 0 Å². The van der Waals surface area contributed by atoms with Crippen molar-refractivity contribution in [2.24, 2.45) is 5.92 Å². The first kappa shape index (κ1) is 18.7. The molecular weight excluding hydrogens is 385 g/mol. The highest BCUT2D eigenvalue weighted by Gasteiger charge is 2.72. The molecule has 26 heavy (non-hydrogen) atoms. The molecule has 1 unspecified atom stereocenters. The second-order valence-electron chi connectivity index (χ2n) is 5.94. The number of aliphatic carboxylic acids is 1. The molecule has 3 rings (SSSR count). The SMILES string of the molecule is O=C1C(Cc2ccccc2)[C@H]2O/C(=C\CO)[C@](C(=O)O)(C(=O)C(Cl)Cl)N12. The van der Waals surface area contributed by atoms with Crippen molar-refractivity contribution in [3.63, 3.8) is 0 Å². The number of ketones is 1. The Hall–Kier alpha value is -2.09. The molecule has 2 aliphatic rings. The summed E-state index contributed by atoms with van der Waals surface area (Å²) in [6, 6.07) is 9.14.